The van der Waals surface area contributed by atoms with Gasteiger partial charge in [-0.1, -0.05) is 25.7 Å². The van der Waals surface area contributed by atoms with Crippen LogP contribution in [0.15, 0.2) is 0 Å². The van der Waals surface area contributed by atoms with Crippen molar-refractivity contribution in [1.29, 1.82) is 0 Å². The molecule has 0 amide bonds. The van der Waals surface area contributed by atoms with E-state index in [1.165, 1.54) is 0 Å². The van der Waals surface area contributed by atoms with Gasteiger partial charge in [0.1, 0.15) is 11.6 Å². The van der Waals surface area contributed by atoms with E-state index in [9.17, 15) is 9.59 Å². The van der Waals surface area contributed by atoms with Crippen molar-refractivity contribution < 1.29 is 9.59 Å². The van der Waals surface area contributed by atoms with Gasteiger partial charge in [0.2, 0.25) is 0 Å². The number of fused-ring (bicyclic) bond motifs is 1. The Morgan fingerprint density at radius 2 is 0.938 bits per heavy atom. The molecule has 0 atom stereocenters. The van der Waals surface area contributed by atoms with Gasteiger partial charge in [0.05, 0.1) is 0 Å². The molecule has 90 valence electrons. The second kappa shape index (κ2) is 3.97. The second-order valence-electron chi connectivity index (χ2n) is 5.69. The Labute approximate surface area is 97.8 Å². The van der Waals surface area contributed by atoms with Gasteiger partial charge in [-0.05, 0) is 39.5 Å². The van der Waals surface area contributed by atoms with Crippen LogP contribution in [0.2, 0.25) is 0 Å². The molecule has 0 bridgehead atoms. The third kappa shape index (κ3) is 1.38. The topological polar surface area (TPSA) is 34.1 Å². The van der Waals surface area contributed by atoms with Crippen molar-refractivity contribution in [2.24, 2.45) is 10.8 Å². The summed E-state index contributed by atoms with van der Waals surface area (Å²) >= 11 is 0. The van der Waals surface area contributed by atoms with E-state index < -0.39 is 0 Å². The van der Waals surface area contributed by atoms with Gasteiger partial charge >= 0.3 is 0 Å². The van der Waals surface area contributed by atoms with Gasteiger partial charge in [-0.2, -0.15) is 0 Å². The highest BCUT2D eigenvalue weighted by atomic mass is 16.1. The van der Waals surface area contributed by atoms with Crippen molar-refractivity contribution in [1.82, 2.24) is 0 Å². The van der Waals surface area contributed by atoms with E-state index in [-0.39, 0.29) is 22.4 Å². The van der Waals surface area contributed by atoms with Crippen LogP contribution in [-0.2, 0) is 9.59 Å². The standard InChI is InChI=1S/C14H22O2/c1-11(15)13-7-3-5-9-14(13,12(2)16)10-6-4-8-13/h3-10H2,1-2H3. The first-order valence-corrected chi connectivity index (χ1v) is 6.57. The molecule has 0 unspecified atom stereocenters. The fraction of sp³-hybridized carbons (Fsp3) is 0.857. The average molecular weight is 222 g/mol. The first-order valence-electron chi connectivity index (χ1n) is 6.57. The number of carbonyl (C=O) groups excluding carboxylic acids is 2. The molecule has 0 saturated heterocycles. The molecule has 0 aromatic carbocycles. The number of Topliss-reactive ketones (excluding diaryl/α,β-unsaturated/α-hetero) is 2. The Bertz CT molecular complexity index is 273. The van der Waals surface area contributed by atoms with Crippen LogP contribution in [0.5, 0.6) is 0 Å². The monoisotopic (exact) mass is 222 g/mol. The second-order valence-corrected chi connectivity index (χ2v) is 5.69. The molecule has 0 aromatic rings. The van der Waals surface area contributed by atoms with E-state index in [4.69, 9.17) is 0 Å². The zero-order valence-corrected chi connectivity index (χ0v) is 10.5. The highest BCUT2D eigenvalue weighted by Gasteiger charge is 2.58. The van der Waals surface area contributed by atoms with Crippen molar-refractivity contribution in [3.63, 3.8) is 0 Å². The maximum Gasteiger partial charge on any atom is 0.136 e. The van der Waals surface area contributed by atoms with Gasteiger partial charge in [0.15, 0.2) is 0 Å². The largest absolute Gasteiger partial charge is 0.299 e. The highest BCUT2D eigenvalue weighted by molar-refractivity contribution is 5.93. The maximum atomic E-state index is 12.1. The normalized spacial score (nSPS) is 38.9. The minimum Gasteiger partial charge on any atom is -0.299 e. The fourth-order valence-electron chi connectivity index (χ4n) is 4.29. The van der Waals surface area contributed by atoms with Crippen LogP contribution in [-0.4, -0.2) is 11.6 Å². The summed E-state index contributed by atoms with van der Waals surface area (Å²) in [5.74, 6) is 0.532. The quantitative estimate of drug-likeness (QED) is 0.718. The van der Waals surface area contributed by atoms with Gasteiger partial charge in [0, 0.05) is 10.8 Å². The molecule has 16 heavy (non-hydrogen) atoms. The van der Waals surface area contributed by atoms with E-state index in [0.717, 1.165) is 51.4 Å². The van der Waals surface area contributed by atoms with Gasteiger partial charge < -0.3 is 0 Å². The van der Waals surface area contributed by atoms with E-state index in [1.54, 1.807) is 13.8 Å². The van der Waals surface area contributed by atoms with E-state index in [0.29, 0.717) is 0 Å². The molecule has 2 aliphatic carbocycles. The molecule has 0 spiro atoms. The van der Waals surface area contributed by atoms with Crippen LogP contribution in [0.3, 0.4) is 0 Å². The van der Waals surface area contributed by atoms with Crippen molar-refractivity contribution >= 4 is 11.6 Å². The molecule has 0 N–H and O–H groups in total. The van der Waals surface area contributed by atoms with Crippen LogP contribution >= 0.6 is 0 Å². The van der Waals surface area contributed by atoms with Gasteiger partial charge in [-0.3, -0.25) is 9.59 Å². The van der Waals surface area contributed by atoms with Crippen LogP contribution in [0, 0.1) is 10.8 Å². The molecular formula is C14H22O2. The van der Waals surface area contributed by atoms with E-state index in [1.807, 2.05) is 0 Å². The molecule has 0 radical (unpaired) electrons. The number of carbonyl (C=O) groups is 2. The first-order chi connectivity index (χ1) is 7.55. The van der Waals surface area contributed by atoms with Gasteiger partial charge in [0.25, 0.3) is 0 Å². The molecule has 0 aliphatic heterocycles. The van der Waals surface area contributed by atoms with Crippen molar-refractivity contribution in [2.75, 3.05) is 0 Å². The highest BCUT2D eigenvalue weighted by Crippen LogP contribution is 2.59. The molecule has 2 aliphatic rings. The van der Waals surface area contributed by atoms with Crippen molar-refractivity contribution in [3.05, 3.63) is 0 Å². The first kappa shape index (κ1) is 11.8. The SMILES string of the molecule is CC(=O)C12CCCCC1(C(C)=O)CCCC2. The van der Waals surface area contributed by atoms with E-state index in [2.05, 4.69) is 0 Å². The van der Waals surface area contributed by atoms with E-state index >= 15 is 0 Å². The summed E-state index contributed by atoms with van der Waals surface area (Å²) in [5, 5.41) is 0. The number of rotatable bonds is 2. The van der Waals surface area contributed by atoms with Crippen LogP contribution in [0.25, 0.3) is 0 Å². The lowest BCUT2D eigenvalue weighted by molar-refractivity contribution is -0.158. The minimum absolute atomic E-state index is 0.266. The third-order valence-corrected chi connectivity index (χ3v) is 5.18. The number of ketones is 2. The Morgan fingerprint density at radius 3 is 1.12 bits per heavy atom. The predicted molar refractivity (Wildman–Crippen MR) is 63.2 cm³/mol. The summed E-state index contributed by atoms with van der Waals surface area (Å²) in [7, 11) is 0. The van der Waals surface area contributed by atoms with Gasteiger partial charge in [-0.25, -0.2) is 0 Å². The Kier molecular flexibility index (Phi) is 2.93. The molecular weight excluding hydrogens is 200 g/mol. The zero-order chi connectivity index (χ0) is 11.8. The maximum absolute atomic E-state index is 12.1. The lowest BCUT2D eigenvalue weighted by Gasteiger charge is -2.54. The summed E-state index contributed by atoms with van der Waals surface area (Å²) in [4.78, 5) is 24.2. The lowest BCUT2D eigenvalue weighted by Crippen LogP contribution is -2.54. The molecule has 2 heteroatoms. The Balaban J connectivity index is 2.47. The smallest absolute Gasteiger partial charge is 0.136 e. The molecule has 2 saturated carbocycles. The Hall–Kier alpha value is -0.660. The van der Waals surface area contributed by atoms with Crippen LogP contribution < -0.4 is 0 Å². The third-order valence-electron chi connectivity index (χ3n) is 5.18. The summed E-state index contributed by atoms with van der Waals surface area (Å²) in [6, 6.07) is 0. The molecule has 2 nitrogen and oxygen atoms in total. The van der Waals surface area contributed by atoms with Crippen LogP contribution in [0.1, 0.15) is 65.2 Å². The molecule has 2 rings (SSSR count). The Morgan fingerprint density at radius 1 is 0.688 bits per heavy atom. The lowest BCUT2D eigenvalue weighted by atomic mass is 9.47. The summed E-state index contributed by atoms with van der Waals surface area (Å²) in [6.07, 6.45) is 8.26. The summed E-state index contributed by atoms with van der Waals surface area (Å²) in [6.45, 7) is 3.41. The zero-order valence-electron chi connectivity index (χ0n) is 10.5. The predicted octanol–water partition coefficient (Wildman–Crippen LogP) is 3.29. The molecule has 0 aromatic heterocycles. The summed E-state index contributed by atoms with van der Waals surface area (Å²) < 4.78 is 0. The average Bonchev–Trinajstić information content (AvgIpc) is 2.28. The minimum atomic E-state index is -0.296. The van der Waals surface area contributed by atoms with Gasteiger partial charge in [-0.15, -0.1) is 0 Å². The van der Waals surface area contributed by atoms with Crippen molar-refractivity contribution in [3.8, 4) is 0 Å². The number of hydrogen-bond donors (Lipinski definition) is 0. The fourth-order valence-corrected chi connectivity index (χ4v) is 4.29. The molecule has 0 heterocycles. The number of hydrogen-bond acceptors (Lipinski definition) is 2. The summed E-state index contributed by atoms with van der Waals surface area (Å²) in [5.41, 5.74) is -0.593. The van der Waals surface area contributed by atoms with Crippen molar-refractivity contribution in [2.45, 2.75) is 65.2 Å². The molecule has 2 fully saturated rings. The van der Waals surface area contributed by atoms with Crippen LogP contribution in [0.4, 0.5) is 0 Å².